The van der Waals surface area contributed by atoms with Crippen molar-refractivity contribution < 1.29 is 14.3 Å². The van der Waals surface area contributed by atoms with Crippen molar-refractivity contribution in [3.63, 3.8) is 0 Å². The topological polar surface area (TPSA) is 59.9 Å². The van der Waals surface area contributed by atoms with Crippen LogP contribution in [0.2, 0.25) is 0 Å². The average molecular weight is 340 g/mol. The first kappa shape index (κ1) is 18.5. The van der Waals surface area contributed by atoms with E-state index in [4.69, 9.17) is 9.47 Å². The van der Waals surface area contributed by atoms with Crippen molar-refractivity contribution in [2.75, 3.05) is 13.7 Å². The molecular weight excluding hydrogens is 316 g/mol. The second-order valence-corrected chi connectivity index (χ2v) is 5.50. The van der Waals surface area contributed by atoms with E-state index in [2.05, 4.69) is 17.5 Å². The first-order valence-corrected chi connectivity index (χ1v) is 8.41. The zero-order valence-corrected chi connectivity index (χ0v) is 14.7. The van der Waals surface area contributed by atoms with Crippen molar-refractivity contribution in [2.45, 2.75) is 26.2 Å². The van der Waals surface area contributed by atoms with E-state index in [1.165, 1.54) is 0 Å². The lowest BCUT2D eigenvalue weighted by Gasteiger charge is -2.10. The SMILES string of the molecule is CCCC/C(=N/NC(=O)COc1ccccc1OC)c1ccccc1. The maximum atomic E-state index is 12.0. The number of rotatable bonds is 9. The van der Waals surface area contributed by atoms with Crippen LogP contribution in [0.4, 0.5) is 0 Å². The van der Waals surface area contributed by atoms with E-state index in [1.54, 1.807) is 19.2 Å². The van der Waals surface area contributed by atoms with Crippen molar-refractivity contribution in [1.29, 1.82) is 0 Å². The monoisotopic (exact) mass is 340 g/mol. The van der Waals surface area contributed by atoms with E-state index in [0.29, 0.717) is 11.5 Å². The Bertz CT molecular complexity index is 699. The molecule has 0 unspecified atom stereocenters. The van der Waals surface area contributed by atoms with Crippen LogP contribution in [0, 0.1) is 0 Å². The molecule has 0 radical (unpaired) electrons. The zero-order chi connectivity index (χ0) is 17.9. The number of carbonyl (C=O) groups is 1. The summed E-state index contributed by atoms with van der Waals surface area (Å²) in [5.74, 6) is 0.806. The molecular formula is C20H24N2O3. The van der Waals surface area contributed by atoms with E-state index in [-0.39, 0.29) is 12.5 Å². The summed E-state index contributed by atoms with van der Waals surface area (Å²) in [6, 6.07) is 17.1. The molecule has 1 N–H and O–H groups in total. The molecule has 0 aliphatic carbocycles. The number of hydrogen-bond donors (Lipinski definition) is 1. The van der Waals surface area contributed by atoms with E-state index < -0.39 is 0 Å². The Hall–Kier alpha value is -2.82. The Morgan fingerprint density at radius 1 is 1.04 bits per heavy atom. The quantitative estimate of drug-likeness (QED) is 0.558. The van der Waals surface area contributed by atoms with E-state index in [9.17, 15) is 4.79 Å². The third-order valence-corrected chi connectivity index (χ3v) is 3.62. The van der Waals surface area contributed by atoms with Crippen LogP contribution in [0.3, 0.4) is 0 Å². The van der Waals surface area contributed by atoms with Gasteiger partial charge < -0.3 is 9.47 Å². The molecule has 25 heavy (non-hydrogen) atoms. The van der Waals surface area contributed by atoms with Gasteiger partial charge in [0.1, 0.15) is 0 Å². The van der Waals surface area contributed by atoms with Crippen LogP contribution in [0.15, 0.2) is 59.7 Å². The smallest absolute Gasteiger partial charge is 0.277 e. The third-order valence-electron chi connectivity index (χ3n) is 3.62. The van der Waals surface area contributed by atoms with E-state index in [1.807, 2.05) is 42.5 Å². The van der Waals surface area contributed by atoms with Gasteiger partial charge >= 0.3 is 0 Å². The number of methoxy groups -OCH3 is 1. The normalized spacial score (nSPS) is 11.0. The lowest BCUT2D eigenvalue weighted by molar-refractivity contribution is -0.123. The number of nitrogens with one attached hydrogen (secondary N) is 1. The molecule has 0 spiro atoms. The van der Waals surface area contributed by atoms with Crippen LogP contribution >= 0.6 is 0 Å². The number of amides is 1. The number of nitrogens with zero attached hydrogens (tertiary/aromatic N) is 1. The molecule has 2 rings (SSSR count). The number of hydrazone groups is 1. The molecule has 0 saturated heterocycles. The van der Waals surface area contributed by atoms with Gasteiger partial charge in [0, 0.05) is 0 Å². The van der Waals surface area contributed by atoms with Crippen molar-refractivity contribution in [3.8, 4) is 11.5 Å². The molecule has 5 nitrogen and oxygen atoms in total. The summed E-state index contributed by atoms with van der Waals surface area (Å²) in [6.07, 6.45) is 2.90. The van der Waals surface area contributed by atoms with E-state index in [0.717, 1.165) is 30.5 Å². The highest BCUT2D eigenvalue weighted by Crippen LogP contribution is 2.25. The first-order chi connectivity index (χ1) is 12.2. The number of hydrogen-bond acceptors (Lipinski definition) is 4. The Morgan fingerprint density at radius 3 is 2.40 bits per heavy atom. The lowest BCUT2D eigenvalue weighted by atomic mass is 10.1. The van der Waals surface area contributed by atoms with Gasteiger partial charge in [-0.3, -0.25) is 4.79 Å². The van der Waals surface area contributed by atoms with Crippen molar-refractivity contribution in [1.82, 2.24) is 5.43 Å². The van der Waals surface area contributed by atoms with Gasteiger partial charge in [-0.25, -0.2) is 5.43 Å². The van der Waals surface area contributed by atoms with Gasteiger partial charge in [0.25, 0.3) is 5.91 Å². The molecule has 1 amide bonds. The Kier molecular flexibility index (Phi) is 7.50. The standard InChI is InChI=1S/C20H24N2O3/c1-3-4-12-17(16-10-6-5-7-11-16)21-22-20(23)15-25-19-14-9-8-13-18(19)24-2/h5-11,13-14H,3-4,12,15H2,1-2H3,(H,22,23)/b21-17-. The highest BCUT2D eigenvalue weighted by Gasteiger charge is 2.08. The van der Waals surface area contributed by atoms with Gasteiger partial charge in [-0.2, -0.15) is 5.10 Å². The summed E-state index contributed by atoms with van der Waals surface area (Å²) >= 11 is 0. The lowest BCUT2D eigenvalue weighted by Crippen LogP contribution is -2.26. The summed E-state index contributed by atoms with van der Waals surface area (Å²) in [5, 5.41) is 4.29. The minimum absolute atomic E-state index is 0.125. The Labute approximate surface area is 148 Å². The van der Waals surface area contributed by atoms with Gasteiger partial charge in [-0.15, -0.1) is 0 Å². The van der Waals surface area contributed by atoms with Crippen LogP contribution in [0.1, 0.15) is 31.7 Å². The second kappa shape index (κ2) is 10.1. The van der Waals surface area contributed by atoms with Crippen LogP contribution in [-0.4, -0.2) is 25.3 Å². The summed E-state index contributed by atoms with van der Waals surface area (Å²) < 4.78 is 10.7. The number of ether oxygens (including phenoxy) is 2. The summed E-state index contributed by atoms with van der Waals surface area (Å²) in [6.45, 7) is 2.00. The molecule has 0 bridgehead atoms. The molecule has 0 fully saturated rings. The minimum atomic E-state index is -0.309. The summed E-state index contributed by atoms with van der Waals surface area (Å²) in [4.78, 5) is 12.0. The van der Waals surface area contributed by atoms with E-state index >= 15 is 0 Å². The predicted molar refractivity (Wildman–Crippen MR) is 99.1 cm³/mol. The molecule has 0 atom stereocenters. The van der Waals surface area contributed by atoms with Gasteiger partial charge in [0.15, 0.2) is 18.1 Å². The largest absolute Gasteiger partial charge is 0.493 e. The third kappa shape index (κ3) is 5.95. The van der Waals surface area contributed by atoms with Crippen LogP contribution in [-0.2, 0) is 4.79 Å². The van der Waals surface area contributed by atoms with Gasteiger partial charge in [-0.05, 0) is 30.5 Å². The molecule has 2 aromatic rings. The van der Waals surface area contributed by atoms with Crippen molar-refractivity contribution >= 4 is 11.6 Å². The highest BCUT2D eigenvalue weighted by atomic mass is 16.5. The number of carbonyl (C=O) groups excluding carboxylic acids is 1. The number of unbranched alkanes of at least 4 members (excludes halogenated alkanes) is 1. The molecule has 0 aliphatic rings. The number of para-hydroxylation sites is 2. The summed E-state index contributed by atoms with van der Waals surface area (Å²) in [5.41, 5.74) is 4.47. The average Bonchev–Trinajstić information content (AvgIpc) is 2.67. The van der Waals surface area contributed by atoms with Crippen LogP contribution < -0.4 is 14.9 Å². The molecule has 0 aromatic heterocycles. The fraction of sp³-hybridized carbons (Fsp3) is 0.300. The molecule has 0 saturated carbocycles. The Morgan fingerprint density at radius 2 is 1.72 bits per heavy atom. The predicted octanol–water partition coefficient (Wildman–Crippen LogP) is 3.78. The minimum Gasteiger partial charge on any atom is -0.493 e. The van der Waals surface area contributed by atoms with Gasteiger partial charge in [0.2, 0.25) is 0 Å². The Balaban J connectivity index is 1.96. The zero-order valence-electron chi connectivity index (χ0n) is 14.7. The maximum Gasteiger partial charge on any atom is 0.277 e. The maximum absolute atomic E-state index is 12.0. The fourth-order valence-electron chi connectivity index (χ4n) is 2.28. The van der Waals surface area contributed by atoms with Crippen molar-refractivity contribution in [2.24, 2.45) is 5.10 Å². The molecule has 2 aromatic carbocycles. The first-order valence-electron chi connectivity index (χ1n) is 8.41. The van der Waals surface area contributed by atoms with Crippen LogP contribution in [0.5, 0.6) is 11.5 Å². The van der Waals surface area contributed by atoms with Gasteiger partial charge in [-0.1, -0.05) is 55.8 Å². The highest BCUT2D eigenvalue weighted by molar-refractivity contribution is 6.01. The number of benzene rings is 2. The van der Waals surface area contributed by atoms with Gasteiger partial charge in [0.05, 0.1) is 12.8 Å². The molecule has 5 heteroatoms. The second-order valence-electron chi connectivity index (χ2n) is 5.50. The molecule has 132 valence electrons. The molecule has 0 heterocycles. The van der Waals surface area contributed by atoms with Crippen molar-refractivity contribution in [3.05, 3.63) is 60.2 Å². The fourth-order valence-corrected chi connectivity index (χ4v) is 2.28. The summed E-state index contributed by atoms with van der Waals surface area (Å²) in [7, 11) is 1.56. The molecule has 0 aliphatic heterocycles. The van der Waals surface area contributed by atoms with Crippen LogP contribution in [0.25, 0.3) is 0 Å².